The van der Waals surface area contributed by atoms with Crippen LogP contribution in [-0.2, 0) is 13.2 Å². The molecule has 4 aromatic rings. The summed E-state index contributed by atoms with van der Waals surface area (Å²) in [7, 11) is 0. The third-order valence-corrected chi connectivity index (χ3v) is 4.10. The molecule has 1 N–H and O–H groups in total. The molecule has 1 aromatic heterocycles. The Morgan fingerprint density at radius 2 is 1.62 bits per heavy atom. The Morgan fingerprint density at radius 1 is 0.792 bits per heavy atom. The third kappa shape index (κ3) is 2.94. The molecule has 0 saturated heterocycles. The van der Waals surface area contributed by atoms with Crippen molar-refractivity contribution in [2.45, 2.75) is 13.2 Å². The second kappa shape index (κ2) is 6.30. The van der Waals surface area contributed by atoms with Crippen molar-refractivity contribution in [3.8, 4) is 5.75 Å². The van der Waals surface area contributed by atoms with Gasteiger partial charge >= 0.3 is 0 Å². The molecule has 0 aliphatic rings. The van der Waals surface area contributed by atoms with Gasteiger partial charge in [-0.1, -0.05) is 42.5 Å². The molecule has 0 atom stereocenters. The monoisotopic (exact) mass is 315 g/mol. The number of rotatable bonds is 4. The van der Waals surface area contributed by atoms with Crippen LogP contribution in [0.5, 0.6) is 5.75 Å². The SMILES string of the molecule is OCc1ccc2ccc(OCc3ccc4ccccc4n3)cc2c1. The van der Waals surface area contributed by atoms with E-state index in [-0.39, 0.29) is 6.61 Å². The highest BCUT2D eigenvalue weighted by Crippen LogP contribution is 2.23. The summed E-state index contributed by atoms with van der Waals surface area (Å²) in [4.78, 5) is 4.62. The molecule has 0 spiro atoms. The Labute approximate surface area is 140 Å². The molecule has 0 saturated carbocycles. The molecule has 3 aromatic carbocycles. The van der Waals surface area contributed by atoms with Crippen molar-refractivity contribution in [1.82, 2.24) is 4.98 Å². The molecular weight excluding hydrogens is 298 g/mol. The maximum atomic E-state index is 9.27. The fourth-order valence-electron chi connectivity index (χ4n) is 2.81. The highest BCUT2D eigenvalue weighted by Gasteiger charge is 2.02. The van der Waals surface area contributed by atoms with Crippen molar-refractivity contribution < 1.29 is 9.84 Å². The van der Waals surface area contributed by atoms with Gasteiger partial charge in [-0.15, -0.1) is 0 Å². The third-order valence-electron chi connectivity index (χ3n) is 4.10. The molecule has 0 bridgehead atoms. The van der Waals surface area contributed by atoms with Gasteiger partial charge in [0.15, 0.2) is 0 Å². The minimum absolute atomic E-state index is 0.0437. The summed E-state index contributed by atoms with van der Waals surface area (Å²) in [5.41, 5.74) is 2.78. The van der Waals surface area contributed by atoms with Crippen LogP contribution in [0.4, 0.5) is 0 Å². The summed E-state index contributed by atoms with van der Waals surface area (Å²) in [6.45, 7) is 0.470. The molecule has 4 rings (SSSR count). The number of hydrogen-bond donors (Lipinski definition) is 1. The quantitative estimate of drug-likeness (QED) is 0.604. The summed E-state index contributed by atoms with van der Waals surface area (Å²) in [5.74, 6) is 0.799. The smallest absolute Gasteiger partial charge is 0.130 e. The van der Waals surface area contributed by atoms with Gasteiger partial charge in [0.05, 0.1) is 17.8 Å². The van der Waals surface area contributed by atoms with Gasteiger partial charge in [0.2, 0.25) is 0 Å². The molecule has 0 aliphatic carbocycles. The second-order valence-corrected chi connectivity index (χ2v) is 5.79. The number of benzene rings is 3. The van der Waals surface area contributed by atoms with Crippen LogP contribution in [0, 0.1) is 0 Å². The van der Waals surface area contributed by atoms with Crippen LogP contribution in [0.25, 0.3) is 21.7 Å². The number of ether oxygens (including phenoxy) is 1. The average Bonchev–Trinajstić information content (AvgIpc) is 2.65. The Morgan fingerprint density at radius 3 is 2.54 bits per heavy atom. The molecule has 118 valence electrons. The molecule has 0 fully saturated rings. The normalized spacial score (nSPS) is 11.0. The lowest BCUT2D eigenvalue weighted by Crippen LogP contribution is -1.98. The van der Waals surface area contributed by atoms with Crippen LogP contribution in [0.1, 0.15) is 11.3 Å². The number of fused-ring (bicyclic) bond motifs is 2. The van der Waals surface area contributed by atoms with Gasteiger partial charge in [-0.2, -0.15) is 0 Å². The summed E-state index contributed by atoms with van der Waals surface area (Å²) in [5, 5.41) is 12.6. The molecule has 0 unspecified atom stereocenters. The van der Waals surface area contributed by atoms with E-state index in [9.17, 15) is 5.11 Å². The number of aromatic nitrogens is 1. The first-order valence-electron chi connectivity index (χ1n) is 7.93. The number of pyridine rings is 1. The zero-order valence-corrected chi connectivity index (χ0v) is 13.1. The zero-order valence-electron chi connectivity index (χ0n) is 13.1. The van der Waals surface area contributed by atoms with Crippen LogP contribution < -0.4 is 4.74 Å². The number of aliphatic hydroxyl groups is 1. The van der Waals surface area contributed by atoms with E-state index in [2.05, 4.69) is 17.1 Å². The van der Waals surface area contributed by atoms with Gasteiger partial charge in [0, 0.05) is 5.39 Å². The lowest BCUT2D eigenvalue weighted by molar-refractivity contribution is 0.282. The summed E-state index contributed by atoms with van der Waals surface area (Å²) >= 11 is 0. The number of aliphatic hydroxyl groups excluding tert-OH is 1. The molecule has 0 radical (unpaired) electrons. The van der Waals surface area contributed by atoms with E-state index in [4.69, 9.17) is 4.74 Å². The van der Waals surface area contributed by atoms with Crippen molar-refractivity contribution in [1.29, 1.82) is 0 Å². The van der Waals surface area contributed by atoms with Crippen LogP contribution >= 0.6 is 0 Å². The van der Waals surface area contributed by atoms with E-state index in [0.717, 1.165) is 38.7 Å². The maximum absolute atomic E-state index is 9.27. The first-order valence-corrected chi connectivity index (χ1v) is 7.93. The molecular formula is C21H17NO2. The Hall–Kier alpha value is -2.91. The lowest BCUT2D eigenvalue weighted by atomic mass is 10.1. The van der Waals surface area contributed by atoms with Gasteiger partial charge in [-0.05, 0) is 46.7 Å². The Bertz CT molecular complexity index is 1010. The average molecular weight is 315 g/mol. The molecule has 3 nitrogen and oxygen atoms in total. The van der Waals surface area contributed by atoms with E-state index in [0.29, 0.717) is 6.61 Å². The minimum Gasteiger partial charge on any atom is -0.487 e. The maximum Gasteiger partial charge on any atom is 0.130 e. The Balaban J connectivity index is 1.56. The highest BCUT2D eigenvalue weighted by molar-refractivity contribution is 5.84. The summed E-state index contributed by atoms with van der Waals surface area (Å²) in [6.07, 6.45) is 0. The highest BCUT2D eigenvalue weighted by atomic mass is 16.5. The van der Waals surface area contributed by atoms with Crippen LogP contribution in [0.15, 0.2) is 72.8 Å². The summed E-state index contributed by atoms with van der Waals surface area (Å²) in [6, 6.07) is 24.0. The van der Waals surface area contributed by atoms with Crippen LogP contribution in [-0.4, -0.2) is 10.1 Å². The Kier molecular flexibility index (Phi) is 3.85. The molecule has 3 heteroatoms. The van der Waals surface area contributed by atoms with Crippen LogP contribution in [0.2, 0.25) is 0 Å². The molecule has 24 heavy (non-hydrogen) atoms. The number of hydrogen-bond acceptors (Lipinski definition) is 3. The van der Waals surface area contributed by atoms with Gasteiger partial charge in [-0.3, -0.25) is 0 Å². The number of nitrogens with zero attached hydrogens (tertiary/aromatic N) is 1. The van der Waals surface area contributed by atoms with E-state index in [1.54, 1.807) is 0 Å². The largest absolute Gasteiger partial charge is 0.487 e. The lowest BCUT2D eigenvalue weighted by Gasteiger charge is -2.08. The predicted molar refractivity (Wildman–Crippen MR) is 95.9 cm³/mol. The first kappa shape index (κ1) is 14.7. The standard InChI is InChI=1S/C21H17NO2/c23-13-15-5-6-16-8-10-20(12-18(16)11-15)24-14-19-9-7-17-3-1-2-4-21(17)22-19/h1-12,23H,13-14H2. The fraction of sp³-hybridized carbons (Fsp3) is 0.0952. The second-order valence-electron chi connectivity index (χ2n) is 5.79. The number of para-hydroxylation sites is 1. The predicted octanol–water partition coefficient (Wildman–Crippen LogP) is 4.46. The van der Waals surface area contributed by atoms with E-state index >= 15 is 0 Å². The van der Waals surface area contributed by atoms with E-state index < -0.39 is 0 Å². The molecule has 0 aliphatic heterocycles. The summed E-state index contributed by atoms with van der Waals surface area (Å²) < 4.78 is 5.90. The molecule has 0 amide bonds. The van der Waals surface area contributed by atoms with Crippen molar-refractivity contribution in [3.05, 3.63) is 84.1 Å². The zero-order chi connectivity index (χ0) is 16.4. The van der Waals surface area contributed by atoms with Crippen molar-refractivity contribution in [3.63, 3.8) is 0 Å². The molecule has 1 heterocycles. The fourth-order valence-corrected chi connectivity index (χ4v) is 2.81. The van der Waals surface area contributed by atoms with Crippen molar-refractivity contribution in [2.24, 2.45) is 0 Å². The van der Waals surface area contributed by atoms with Crippen LogP contribution in [0.3, 0.4) is 0 Å². The van der Waals surface area contributed by atoms with Gasteiger partial charge in [-0.25, -0.2) is 4.98 Å². The van der Waals surface area contributed by atoms with E-state index in [1.165, 1.54) is 0 Å². The first-order chi connectivity index (χ1) is 11.8. The van der Waals surface area contributed by atoms with Gasteiger partial charge in [0.1, 0.15) is 12.4 Å². The van der Waals surface area contributed by atoms with Gasteiger partial charge < -0.3 is 9.84 Å². The van der Waals surface area contributed by atoms with Crippen molar-refractivity contribution in [2.75, 3.05) is 0 Å². The topological polar surface area (TPSA) is 42.4 Å². The van der Waals surface area contributed by atoms with Gasteiger partial charge in [0.25, 0.3) is 0 Å². The van der Waals surface area contributed by atoms with E-state index in [1.807, 2.05) is 60.7 Å². The minimum atomic E-state index is 0.0437. The van der Waals surface area contributed by atoms with Crippen molar-refractivity contribution >= 4 is 21.7 Å².